The molecular weight excluding hydrogens is 737 g/mol. The molecule has 4 aromatic carbocycles. The maximum atomic E-state index is 13.2. The number of pyridine rings is 1. The van der Waals surface area contributed by atoms with Gasteiger partial charge in [-0.1, -0.05) is 73.5 Å². The van der Waals surface area contributed by atoms with E-state index >= 15 is 0 Å². The lowest BCUT2D eigenvalue weighted by Crippen LogP contribution is -2.52. The van der Waals surface area contributed by atoms with Gasteiger partial charge in [0.1, 0.15) is 24.2 Å². The van der Waals surface area contributed by atoms with Crippen LogP contribution in [0.1, 0.15) is 83.3 Å². The average molecular weight is 789 g/mol. The molecule has 1 aromatic heterocycles. The van der Waals surface area contributed by atoms with Crippen LogP contribution < -0.4 is 20.9 Å². The number of fused-ring (bicyclic) bond motifs is 4. The summed E-state index contributed by atoms with van der Waals surface area (Å²) in [5.41, 5.74) is 3.82. The van der Waals surface area contributed by atoms with E-state index in [-0.39, 0.29) is 23.4 Å². The molecule has 1 amide bonds. The molecule has 0 aliphatic carbocycles. The van der Waals surface area contributed by atoms with E-state index in [9.17, 15) is 24.6 Å². The lowest BCUT2D eigenvalue weighted by Gasteiger charge is -2.43. The van der Waals surface area contributed by atoms with E-state index in [1.54, 1.807) is 24.3 Å². The highest BCUT2D eigenvalue weighted by Crippen LogP contribution is 2.31. The van der Waals surface area contributed by atoms with Gasteiger partial charge < -0.3 is 40.0 Å². The zero-order chi connectivity index (χ0) is 40.3. The third-order valence-electron chi connectivity index (χ3n) is 11.1. The van der Waals surface area contributed by atoms with Crippen molar-refractivity contribution < 1.29 is 34.0 Å². The molecule has 5 aromatic rings. The first-order valence-electron chi connectivity index (χ1n) is 20.3. The summed E-state index contributed by atoms with van der Waals surface area (Å²) in [7, 11) is 0. The lowest BCUT2D eigenvalue weighted by molar-refractivity contribution is -0.0336. The van der Waals surface area contributed by atoms with Crippen LogP contribution in [0, 0.1) is 5.92 Å². The third kappa shape index (κ3) is 10.6. The maximum Gasteiger partial charge on any atom is 0.408 e. The number of rotatable bonds is 18. The standard InChI is InChI=1S/C46H52N4O8/c51-39-19-17-37(38-18-20-42(53)48-44(38)39)40(52)28-47-23-6-1-2-7-26-56-45(54)34-15-13-31(14-16-34)30-57-36-12-8-11-35(27-36)43(33-9-4-3-5-10-33)49-46(55)58-41-29-50-24-21-32(41)22-25-50/h3-5,8-20,27,32,40-41,43,47,51-52H,1-2,6-7,21-26,28-30H2,(H,48,53)(H,49,55)/t40-,41+,43?/m1/s1. The van der Waals surface area contributed by atoms with Gasteiger partial charge in [-0.2, -0.15) is 0 Å². The molecule has 304 valence electrons. The highest BCUT2D eigenvalue weighted by molar-refractivity contribution is 5.89. The molecule has 0 saturated carbocycles. The number of H-pyrrole nitrogens is 1. The molecule has 3 saturated heterocycles. The molecule has 1 unspecified atom stereocenters. The SMILES string of the molecule is O=C(NC(c1ccccc1)c1cccc(OCc2ccc(C(=O)OCCCCCCNC[C@@H](O)c3ccc(O)c4[nH]c(=O)ccc34)cc2)c1)O[C@H]1CN2CCC1CC2. The summed E-state index contributed by atoms with van der Waals surface area (Å²) in [6, 6.07) is 30.4. The molecular formula is C46H52N4O8. The first-order chi connectivity index (χ1) is 28.3. The van der Waals surface area contributed by atoms with Crippen molar-refractivity contribution in [3.05, 3.63) is 141 Å². The highest BCUT2D eigenvalue weighted by atomic mass is 16.6. The number of carbonyl (C=O) groups excluding carboxylic acids is 2. The number of aliphatic hydroxyl groups excluding tert-OH is 1. The molecule has 2 bridgehead atoms. The number of aromatic nitrogens is 1. The van der Waals surface area contributed by atoms with Crippen LogP contribution in [0.3, 0.4) is 0 Å². The highest BCUT2D eigenvalue weighted by Gasteiger charge is 2.37. The number of nitrogens with zero attached hydrogens (tertiary/aromatic N) is 1. The van der Waals surface area contributed by atoms with Crippen molar-refractivity contribution >= 4 is 23.0 Å². The molecule has 58 heavy (non-hydrogen) atoms. The van der Waals surface area contributed by atoms with Crippen molar-refractivity contribution in [3.63, 3.8) is 0 Å². The molecule has 8 rings (SSSR count). The molecule has 3 aliphatic heterocycles. The summed E-state index contributed by atoms with van der Waals surface area (Å²) in [6.07, 6.45) is 4.33. The number of alkyl carbamates (subject to hydrolysis) is 1. The number of esters is 1. The molecule has 5 N–H and O–H groups in total. The normalized spacial score (nSPS) is 18.3. The number of phenols is 1. The number of hydrogen-bond donors (Lipinski definition) is 5. The number of carbonyl (C=O) groups is 2. The zero-order valence-corrected chi connectivity index (χ0v) is 32.6. The smallest absolute Gasteiger partial charge is 0.408 e. The topological polar surface area (TPSA) is 162 Å². The van der Waals surface area contributed by atoms with Gasteiger partial charge in [-0.3, -0.25) is 9.69 Å². The Morgan fingerprint density at radius 1 is 0.862 bits per heavy atom. The second-order valence-electron chi connectivity index (χ2n) is 15.2. The molecule has 12 heteroatoms. The van der Waals surface area contributed by atoms with E-state index in [2.05, 4.69) is 20.5 Å². The molecule has 12 nitrogen and oxygen atoms in total. The quantitative estimate of drug-likeness (QED) is 0.0474. The Morgan fingerprint density at radius 2 is 1.64 bits per heavy atom. The Labute approximate surface area is 338 Å². The van der Waals surface area contributed by atoms with Crippen molar-refractivity contribution in [2.24, 2.45) is 5.92 Å². The molecule has 4 heterocycles. The molecule has 3 aliphatic rings. The van der Waals surface area contributed by atoms with Gasteiger partial charge in [-0.25, -0.2) is 9.59 Å². The number of piperidine rings is 3. The van der Waals surface area contributed by atoms with Crippen molar-refractivity contribution in [2.45, 2.75) is 63.4 Å². The zero-order valence-electron chi connectivity index (χ0n) is 32.6. The fourth-order valence-electron chi connectivity index (χ4n) is 7.88. The number of benzene rings is 4. The van der Waals surface area contributed by atoms with Crippen LogP contribution in [0.15, 0.2) is 108 Å². The number of unbranched alkanes of at least 4 members (excludes halogenated alkanes) is 3. The first kappa shape index (κ1) is 40.5. The van der Waals surface area contributed by atoms with Crippen LogP contribution in [-0.2, 0) is 16.1 Å². The van der Waals surface area contributed by atoms with Crippen molar-refractivity contribution in [2.75, 3.05) is 39.3 Å². The van der Waals surface area contributed by atoms with Crippen LogP contribution in [-0.4, -0.2) is 77.6 Å². The van der Waals surface area contributed by atoms with E-state index in [1.165, 1.54) is 12.1 Å². The number of hydrogen-bond acceptors (Lipinski definition) is 10. The van der Waals surface area contributed by atoms with Crippen LogP contribution in [0.4, 0.5) is 4.79 Å². The second-order valence-corrected chi connectivity index (χ2v) is 15.2. The van der Waals surface area contributed by atoms with Crippen LogP contribution >= 0.6 is 0 Å². The van der Waals surface area contributed by atoms with Gasteiger partial charge in [0.25, 0.3) is 0 Å². The van der Waals surface area contributed by atoms with Crippen LogP contribution in [0.2, 0.25) is 0 Å². The fourth-order valence-corrected chi connectivity index (χ4v) is 7.88. The summed E-state index contributed by atoms with van der Waals surface area (Å²) in [5.74, 6) is 0.675. The second kappa shape index (κ2) is 19.6. The molecule has 0 radical (unpaired) electrons. The number of nitrogens with one attached hydrogen (secondary N) is 3. The number of aliphatic hydroxyl groups is 1. The molecule has 3 atom stereocenters. The Morgan fingerprint density at radius 3 is 2.41 bits per heavy atom. The molecule has 3 fully saturated rings. The van der Waals surface area contributed by atoms with Crippen molar-refractivity contribution in [3.8, 4) is 11.5 Å². The predicted octanol–water partition coefficient (Wildman–Crippen LogP) is 6.76. The van der Waals surface area contributed by atoms with E-state index in [0.717, 1.165) is 74.8 Å². The summed E-state index contributed by atoms with van der Waals surface area (Å²) in [4.78, 5) is 42.5. The minimum atomic E-state index is -0.799. The third-order valence-corrected chi connectivity index (χ3v) is 11.1. The van der Waals surface area contributed by atoms with E-state index in [1.807, 2.05) is 66.7 Å². The summed E-state index contributed by atoms with van der Waals surface area (Å²) in [6.45, 7) is 4.64. The van der Waals surface area contributed by atoms with Gasteiger partial charge in [-0.15, -0.1) is 0 Å². The van der Waals surface area contributed by atoms with Crippen molar-refractivity contribution in [1.29, 1.82) is 0 Å². The summed E-state index contributed by atoms with van der Waals surface area (Å²) >= 11 is 0. The van der Waals surface area contributed by atoms with Crippen LogP contribution in [0.25, 0.3) is 10.9 Å². The van der Waals surface area contributed by atoms with Gasteiger partial charge in [0.2, 0.25) is 5.56 Å². The van der Waals surface area contributed by atoms with E-state index < -0.39 is 18.2 Å². The molecule has 0 spiro atoms. The Bertz CT molecular complexity index is 2190. The number of aromatic hydroxyl groups is 1. The van der Waals surface area contributed by atoms with E-state index in [4.69, 9.17) is 14.2 Å². The van der Waals surface area contributed by atoms with Gasteiger partial charge in [0, 0.05) is 24.5 Å². The minimum Gasteiger partial charge on any atom is -0.506 e. The number of ether oxygens (including phenoxy) is 3. The minimum absolute atomic E-state index is 0.0381. The van der Waals surface area contributed by atoms with Crippen molar-refractivity contribution in [1.82, 2.24) is 20.5 Å². The predicted molar refractivity (Wildman–Crippen MR) is 221 cm³/mol. The Kier molecular flexibility index (Phi) is 13.7. The largest absolute Gasteiger partial charge is 0.506 e. The monoisotopic (exact) mass is 788 g/mol. The van der Waals surface area contributed by atoms with Crippen LogP contribution in [0.5, 0.6) is 11.5 Å². The van der Waals surface area contributed by atoms with E-state index in [0.29, 0.717) is 60.0 Å². The lowest BCUT2D eigenvalue weighted by atomic mass is 9.86. The fraction of sp³-hybridized carbons (Fsp3) is 0.370. The number of amides is 1. The maximum absolute atomic E-state index is 13.2. The van der Waals surface area contributed by atoms with Gasteiger partial charge in [0.15, 0.2) is 0 Å². The summed E-state index contributed by atoms with van der Waals surface area (Å²) in [5, 5.41) is 27.8. The Balaban J connectivity index is 0.808. The Hall–Kier alpha value is -5.69. The number of aromatic amines is 1. The average Bonchev–Trinajstić information content (AvgIpc) is 3.25. The van der Waals surface area contributed by atoms with Gasteiger partial charge >= 0.3 is 12.1 Å². The van der Waals surface area contributed by atoms with Gasteiger partial charge in [0.05, 0.1) is 29.8 Å². The first-order valence-corrected chi connectivity index (χ1v) is 20.3. The number of phenolic OH excluding ortho intramolecular Hbond substituents is 1. The summed E-state index contributed by atoms with van der Waals surface area (Å²) < 4.78 is 17.6. The van der Waals surface area contributed by atoms with Gasteiger partial charge in [-0.05, 0) is 110 Å².